The lowest BCUT2D eigenvalue weighted by molar-refractivity contribution is 0.410. The summed E-state index contributed by atoms with van der Waals surface area (Å²) >= 11 is 3.33. The lowest BCUT2D eigenvalue weighted by Crippen LogP contribution is -2.17. The highest BCUT2D eigenvalue weighted by Crippen LogP contribution is 2.28. The van der Waals surface area contributed by atoms with Crippen molar-refractivity contribution in [1.29, 1.82) is 0 Å². The number of hydrogen-bond acceptors (Lipinski definition) is 3. The molecule has 1 heterocycles. The fourth-order valence-corrected chi connectivity index (χ4v) is 2.36. The second-order valence-corrected chi connectivity index (χ2v) is 4.87. The molecule has 1 unspecified atom stereocenters. The van der Waals surface area contributed by atoms with Crippen LogP contribution in [0.5, 0.6) is 5.75 Å². The first-order valence-electron chi connectivity index (χ1n) is 5.72. The number of aryl methyl sites for hydroxylation is 1. The molecular formula is C14H16BrNO2. The Bertz CT molecular complexity index is 536. The number of ether oxygens (including phenoxy) is 1. The van der Waals surface area contributed by atoms with E-state index < -0.39 is 0 Å². The quantitative estimate of drug-likeness (QED) is 0.935. The van der Waals surface area contributed by atoms with Crippen LogP contribution in [0.2, 0.25) is 0 Å². The molecule has 1 aromatic carbocycles. The zero-order chi connectivity index (χ0) is 13.1. The van der Waals surface area contributed by atoms with Gasteiger partial charge in [0.25, 0.3) is 0 Å². The fraction of sp³-hybridized carbons (Fsp3) is 0.286. The van der Waals surface area contributed by atoms with E-state index in [1.165, 1.54) is 0 Å². The molecule has 2 aromatic rings. The molecule has 96 valence electrons. The summed E-state index contributed by atoms with van der Waals surface area (Å²) in [5.41, 5.74) is 2.26. The molecule has 0 amide bonds. The Labute approximate surface area is 115 Å². The second kappa shape index (κ2) is 5.59. The second-order valence-electron chi connectivity index (χ2n) is 4.09. The molecule has 0 saturated heterocycles. The number of furan rings is 1. The Morgan fingerprint density at radius 1 is 1.28 bits per heavy atom. The summed E-state index contributed by atoms with van der Waals surface area (Å²) in [5, 5.41) is 3.26. The van der Waals surface area contributed by atoms with E-state index in [-0.39, 0.29) is 6.04 Å². The van der Waals surface area contributed by atoms with Crippen LogP contribution in [-0.4, -0.2) is 14.2 Å². The van der Waals surface area contributed by atoms with Crippen molar-refractivity contribution in [3.05, 3.63) is 51.9 Å². The average Bonchev–Trinajstić information content (AvgIpc) is 2.77. The lowest BCUT2D eigenvalue weighted by atomic mass is 10.0. The molecule has 0 saturated carbocycles. The minimum absolute atomic E-state index is 0.0425. The predicted molar refractivity (Wildman–Crippen MR) is 75.0 cm³/mol. The van der Waals surface area contributed by atoms with Gasteiger partial charge < -0.3 is 14.5 Å². The molecule has 18 heavy (non-hydrogen) atoms. The Kier molecular flexibility index (Phi) is 4.09. The number of nitrogens with one attached hydrogen (secondary N) is 1. The van der Waals surface area contributed by atoms with E-state index in [2.05, 4.69) is 27.3 Å². The SMILES string of the molecule is CNC(c1ccc(OC)c(C)c1)c1ccc(Br)o1. The number of halogens is 1. The summed E-state index contributed by atoms with van der Waals surface area (Å²) in [6.45, 7) is 2.03. The standard InChI is InChI=1S/C14H16BrNO2/c1-9-8-10(4-5-11(9)17-3)14(16-2)12-6-7-13(15)18-12/h4-8,14,16H,1-3H3. The number of rotatable bonds is 4. The molecule has 0 bridgehead atoms. The topological polar surface area (TPSA) is 34.4 Å². The van der Waals surface area contributed by atoms with E-state index in [1.807, 2.05) is 38.2 Å². The van der Waals surface area contributed by atoms with E-state index in [0.29, 0.717) is 0 Å². The van der Waals surface area contributed by atoms with Crippen molar-refractivity contribution in [3.63, 3.8) is 0 Å². The molecular weight excluding hydrogens is 294 g/mol. The van der Waals surface area contributed by atoms with Crippen LogP contribution in [0, 0.1) is 6.92 Å². The predicted octanol–water partition coefficient (Wildman–Crippen LogP) is 3.67. The van der Waals surface area contributed by atoms with Gasteiger partial charge in [-0.25, -0.2) is 0 Å². The van der Waals surface area contributed by atoms with E-state index in [0.717, 1.165) is 27.3 Å². The third kappa shape index (κ3) is 2.60. The normalized spacial score (nSPS) is 12.4. The van der Waals surface area contributed by atoms with Crippen LogP contribution in [0.1, 0.15) is 22.9 Å². The van der Waals surface area contributed by atoms with Gasteiger partial charge in [-0.3, -0.25) is 0 Å². The van der Waals surface area contributed by atoms with Gasteiger partial charge in [0, 0.05) is 0 Å². The summed E-state index contributed by atoms with van der Waals surface area (Å²) in [5.74, 6) is 1.78. The molecule has 0 aliphatic heterocycles. The fourth-order valence-electron chi connectivity index (χ4n) is 2.04. The molecule has 3 nitrogen and oxygen atoms in total. The van der Waals surface area contributed by atoms with Crippen LogP contribution in [0.25, 0.3) is 0 Å². The Morgan fingerprint density at radius 3 is 2.56 bits per heavy atom. The molecule has 1 atom stereocenters. The zero-order valence-electron chi connectivity index (χ0n) is 10.7. The third-order valence-corrected chi connectivity index (χ3v) is 3.35. The Hall–Kier alpha value is -1.26. The maximum Gasteiger partial charge on any atom is 0.169 e. The molecule has 0 spiro atoms. The Morgan fingerprint density at radius 2 is 2.06 bits per heavy atom. The van der Waals surface area contributed by atoms with Gasteiger partial charge in [-0.05, 0) is 59.2 Å². The molecule has 4 heteroatoms. The van der Waals surface area contributed by atoms with Crippen molar-refractivity contribution < 1.29 is 9.15 Å². The van der Waals surface area contributed by atoms with Gasteiger partial charge in [0.15, 0.2) is 4.67 Å². The van der Waals surface area contributed by atoms with Crippen LogP contribution in [0.4, 0.5) is 0 Å². The molecule has 0 radical (unpaired) electrons. The molecule has 1 aromatic heterocycles. The first kappa shape index (κ1) is 13.2. The number of methoxy groups -OCH3 is 1. The van der Waals surface area contributed by atoms with Gasteiger partial charge in [0.2, 0.25) is 0 Å². The minimum atomic E-state index is 0.0425. The van der Waals surface area contributed by atoms with Gasteiger partial charge in [0.05, 0.1) is 13.2 Å². The zero-order valence-corrected chi connectivity index (χ0v) is 12.2. The van der Waals surface area contributed by atoms with E-state index >= 15 is 0 Å². The number of benzene rings is 1. The smallest absolute Gasteiger partial charge is 0.169 e. The molecule has 2 rings (SSSR count). The summed E-state index contributed by atoms with van der Waals surface area (Å²) in [4.78, 5) is 0. The third-order valence-electron chi connectivity index (χ3n) is 2.92. The van der Waals surface area contributed by atoms with Crippen LogP contribution in [-0.2, 0) is 0 Å². The van der Waals surface area contributed by atoms with Crippen molar-refractivity contribution in [3.8, 4) is 5.75 Å². The van der Waals surface area contributed by atoms with E-state index in [4.69, 9.17) is 9.15 Å². The highest BCUT2D eigenvalue weighted by Gasteiger charge is 2.16. The first-order valence-corrected chi connectivity index (χ1v) is 6.52. The van der Waals surface area contributed by atoms with E-state index in [9.17, 15) is 0 Å². The molecule has 0 aliphatic rings. The first-order chi connectivity index (χ1) is 8.65. The van der Waals surface area contributed by atoms with Crippen molar-refractivity contribution in [2.45, 2.75) is 13.0 Å². The van der Waals surface area contributed by atoms with Crippen LogP contribution >= 0.6 is 15.9 Å². The lowest BCUT2D eigenvalue weighted by Gasteiger charge is -2.16. The van der Waals surface area contributed by atoms with Gasteiger partial charge in [0.1, 0.15) is 11.5 Å². The summed E-state index contributed by atoms with van der Waals surface area (Å²) in [7, 11) is 3.60. The van der Waals surface area contributed by atoms with Crippen LogP contribution < -0.4 is 10.1 Å². The van der Waals surface area contributed by atoms with E-state index in [1.54, 1.807) is 7.11 Å². The van der Waals surface area contributed by atoms with Crippen molar-refractivity contribution in [1.82, 2.24) is 5.32 Å². The molecule has 0 aliphatic carbocycles. The van der Waals surface area contributed by atoms with Gasteiger partial charge in [-0.15, -0.1) is 0 Å². The maximum absolute atomic E-state index is 5.61. The van der Waals surface area contributed by atoms with Crippen LogP contribution in [0.3, 0.4) is 0 Å². The highest BCUT2D eigenvalue weighted by atomic mass is 79.9. The van der Waals surface area contributed by atoms with Crippen LogP contribution in [0.15, 0.2) is 39.4 Å². The maximum atomic E-state index is 5.61. The van der Waals surface area contributed by atoms with Crippen molar-refractivity contribution in [2.24, 2.45) is 0 Å². The summed E-state index contributed by atoms with van der Waals surface area (Å²) in [6.07, 6.45) is 0. The summed E-state index contributed by atoms with van der Waals surface area (Å²) < 4.78 is 11.6. The molecule has 0 fully saturated rings. The monoisotopic (exact) mass is 309 g/mol. The molecule has 1 N–H and O–H groups in total. The highest BCUT2D eigenvalue weighted by molar-refractivity contribution is 9.10. The van der Waals surface area contributed by atoms with Gasteiger partial charge in [-0.1, -0.05) is 12.1 Å². The van der Waals surface area contributed by atoms with Gasteiger partial charge >= 0.3 is 0 Å². The number of hydrogen-bond donors (Lipinski definition) is 1. The van der Waals surface area contributed by atoms with Crippen molar-refractivity contribution >= 4 is 15.9 Å². The minimum Gasteiger partial charge on any atom is -0.496 e. The summed E-state index contributed by atoms with van der Waals surface area (Å²) in [6, 6.07) is 10.0. The average molecular weight is 310 g/mol. The van der Waals surface area contributed by atoms with Gasteiger partial charge in [-0.2, -0.15) is 0 Å². The van der Waals surface area contributed by atoms with Crippen molar-refractivity contribution in [2.75, 3.05) is 14.2 Å². The largest absolute Gasteiger partial charge is 0.496 e. The Balaban J connectivity index is 2.36.